The van der Waals surface area contributed by atoms with E-state index >= 15 is 0 Å². The summed E-state index contributed by atoms with van der Waals surface area (Å²) in [5, 5.41) is 9.17. The van der Waals surface area contributed by atoms with Crippen LogP contribution in [0.15, 0.2) is 12.2 Å². The van der Waals surface area contributed by atoms with Crippen molar-refractivity contribution in [2.45, 2.75) is 40.2 Å². The Morgan fingerprint density at radius 2 is 1.60 bits per heavy atom. The van der Waals surface area contributed by atoms with E-state index in [0.29, 0.717) is 0 Å². The average Bonchev–Trinajstić information content (AvgIpc) is 2.24. The van der Waals surface area contributed by atoms with Crippen LogP contribution in [0.2, 0.25) is 0 Å². The first-order valence-corrected chi connectivity index (χ1v) is 6.13. The molecule has 0 aromatic rings. The van der Waals surface area contributed by atoms with E-state index in [2.05, 4.69) is 4.74 Å². The molecule has 0 aliphatic heterocycles. The van der Waals surface area contributed by atoms with Crippen molar-refractivity contribution < 1.29 is 29.0 Å². The fourth-order valence-corrected chi connectivity index (χ4v) is 1.76. The average molecular weight is 286 g/mol. The smallest absolute Gasteiger partial charge is 0.320 e. The molecule has 1 atom stereocenters. The number of esters is 2. The molecule has 20 heavy (non-hydrogen) atoms. The molecule has 6 nitrogen and oxygen atoms in total. The van der Waals surface area contributed by atoms with Gasteiger partial charge in [-0.05, 0) is 19.9 Å². The van der Waals surface area contributed by atoms with E-state index in [1.807, 2.05) is 0 Å². The first-order valence-electron chi connectivity index (χ1n) is 6.13. The van der Waals surface area contributed by atoms with Crippen LogP contribution in [0.4, 0.5) is 0 Å². The zero-order chi connectivity index (χ0) is 16.1. The number of methoxy groups -OCH3 is 1. The third-order valence-corrected chi connectivity index (χ3v) is 2.75. The zero-order valence-corrected chi connectivity index (χ0v) is 12.7. The summed E-state index contributed by atoms with van der Waals surface area (Å²) in [4.78, 5) is 33.8. The molecule has 0 saturated heterocycles. The number of hydrogen-bond acceptors (Lipinski definition) is 5. The van der Waals surface area contributed by atoms with Gasteiger partial charge < -0.3 is 14.6 Å². The number of carbonyl (C=O) groups excluding carboxylic acids is 2. The third-order valence-electron chi connectivity index (χ3n) is 2.75. The van der Waals surface area contributed by atoms with Crippen molar-refractivity contribution >= 4 is 17.9 Å². The number of rotatable bonds is 6. The molecule has 0 bridgehead atoms. The molecule has 0 aliphatic carbocycles. The minimum absolute atomic E-state index is 0.444. The van der Waals surface area contributed by atoms with Gasteiger partial charge >= 0.3 is 17.9 Å². The maximum absolute atomic E-state index is 11.6. The van der Waals surface area contributed by atoms with Gasteiger partial charge in [0.2, 0.25) is 0 Å². The highest BCUT2D eigenvalue weighted by molar-refractivity contribution is 5.95. The van der Waals surface area contributed by atoms with Crippen molar-refractivity contribution in [1.29, 1.82) is 0 Å². The summed E-state index contributed by atoms with van der Waals surface area (Å²) in [5.74, 6) is -3.87. The quantitative estimate of drug-likeness (QED) is 0.455. The Morgan fingerprint density at radius 1 is 1.10 bits per heavy atom. The van der Waals surface area contributed by atoms with Crippen LogP contribution in [-0.4, -0.2) is 35.7 Å². The van der Waals surface area contributed by atoms with Gasteiger partial charge in [0.15, 0.2) is 5.92 Å². The predicted molar refractivity (Wildman–Crippen MR) is 71.9 cm³/mol. The van der Waals surface area contributed by atoms with Crippen LogP contribution < -0.4 is 0 Å². The maximum atomic E-state index is 11.6. The van der Waals surface area contributed by atoms with Crippen LogP contribution in [-0.2, 0) is 23.9 Å². The minimum atomic E-state index is -1.34. The van der Waals surface area contributed by atoms with Gasteiger partial charge in [0.25, 0.3) is 0 Å². The number of carboxylic acid groups (broad SMARTS) is 1. The molecule has 0 fully saturated rings. The Kier molecular flexibility index (Phi) is 5.94. The lowest BCUT2D eigenvalue weighted by Crippen LogP contribution is -2.37. The van der Waals surface area contributed by atoms with Gasteiger partial charge in [-0.1, -0.05) is 19.9 Å². The zero-order valence-electron chi connectivity index (χ0n) is 12.7. The second-order valence-electron chi connectivity index (χ2n) is 5.65. The van der Waals surface area contributed by atoms with E-state index in [4.69, 9.17) is 9.84 Å². The van der Waals surface area contributed by atoms with Gasteiger partial charge in [0.1, 0.15) is 5.60 Å². The van der Waals surface area contributed by atoms with Crippen LogP contribution in [0, 0.1) is 11.3 Å². The van der Waals surface area contributed by atoms with E-state index in [1.54, 1.807) is 39.8 Å². The van der Waals surface area contributed by atoms with Gasteiger partial charge in [-0.15, -0.1) is 0 Å². The number of aliphatic carboxylic acids is 1. The Morgan fingerprint density at radius 3 is 1.95 bits per heavy atom. The number of hydrogen-bond donors (Lipinski definition) is 1. The molecule has 0 rings (SSSR count). The summed E-state index contributed by atoms with van der Waals surface area (Å²) >= 11 is 0. The summed E-state index contributed by atoms with van der Waals surface area (Å²) in [5.41, 5.74) is -1.88. The molecule has 0 amide bonds. The lowest BCUT2D eigenvalue weighted by molar-refractivity contribution is -0.161. The molecular weight excluding hydrogens is 264 g/mol. The molecule has 0 spiro atoms. The highest BCUT2D eigenvalue weighted by atomic mass is 16.6. The minimum Gasteiger partial charge on any atom is -0.481 e. The second kappa shape index (κ2) is 6.54. The first-order chi connectivity index (χ1) is 8.93. The highest BCUT2D eigenvalue weighted by Crippen LogP contribution is 2.31. The topological polar surface area (TPSA) is 89.9 Å². The molecule has 0 aromatic heterocycles. The number of carboxylic acids is 1. The number of allylic oxidation sites excluding steroid dienone is 1. The Balaban J connectivity index is 5.25. The fourth-order valence-electron chi connectivity index (χ4n) is 1.76. The van der Waals surface area contributed by atoms with Crippen LogP contribution >= 0.6 is 0 Å². The SMILES string of the molecule is COC(=O)C(C(=O)O)C(C)(C)/C=C/C(C)(C)OC(C)=O. The molecule has 0 aromatic carbocycles. The number of carbonyl (C=O) groups is 3. The normalized spacial score (nSPS) is 13.9. The molecular formula is C14H22O6. The molecule has 0 radical (unpaired) electrons. The monoisotopic (exact) mass is 286 g/mol. The summed E-state index contributed by atoms with van der Waals surface area (Å²) in [6.07, 6.45) is 3.11. The van der Waals surface area contributed by atoms with Crippen molar-refractivity contribution in [3.8, 4) is 0 Å². The van der Waals surface area contributed by atoms with Crippen molar-refractivity contribution in [2.75, 3.05) is 7.11 Å². The molecule has 1 N–H and O–H groups in total. The summed E-state index contributed by atoms with van der Waals surface area (Å²) in [6.45, 7) is 7.81. The highest BCUT2D eigenvalue weighted by Gasteiger charge is 2.40. The lowest BCUT2D eigenvalue weighted by Gasteiger charge is -2.28. The molecule has 0 aliphatic rings. The van der Waals surface area contributed by atoms with Crippen LogP contribution in [0.1, 0.15) is 34.6 Å². The van der Waals surface area contributed by atoms with E-state index in [-0.39, 0.29) is 0 Å². The molecule has 0 saturated carbocycles. The summed E-state index contributed by atoms with van der Waals surface area (Å²) in [6, 6.07) is 0. The lowest BCUT2D eigenvalue weighted by atomic mass is 9.77. The van der Waals surface area contributed by atoms with Crippen molar-refractivity contribution in [3.05, 3.63) is 12.2 Å². The van der Waals surface area contributed by atoms with Crippen molar-refractivity contribution in [1.82, 2.24) is 0 Å². The summed E-state index contributed by atoms with van der Waals surface area (Å²) < 4.78 is 9.59. The van der Waals surface area contributed by atoms with Gasteiger partial charge in [0.05, 0.1) is 7.11 Å². The van der Waals surface area contributed by atoms with Crippen LogP contribution in [0.3, 0.4) is 0 Å². The number of ether oxygens (including phenoxy) is 2. The third kappa shape index (κ3) is 5.42. The Hall–Kier alpha value is -1.85. The molecule has 0 heterocycles. The Labute approximate surface area is 118 Å². The standard InChI is InChI=1S/C14H22O6/c1-9(15)20-14(4,5)8-7-13(2,3)10(11(16)17)12(18)19-6/h7-8,10H,1-6H3,(H,16,17)/b8-7+. The van der Waals surface area contributed by atoms with E-state index in [9.17, 15) is 14.4 Å². The molecule has 6 heteroatoms. The first kappa shape index (κ1) is 18.1. The van der Waals surface area contributed by atoms with Crippen LogP contribution in [0.5, 0.6) is 0 Å². The maximum Gasteiger partial charge on any atom is 0.320 e. The van der Waals surface area contributed by atoms with Gasteiger partial charge in [-0.25, -0.2) is 0 Å². The largest absolute Gasteiger partial charge is 0.481 e. The van der Waals surface area contributed by atoms with Crippen molar-refractivity contribution in [3.63, 3.8) is 0 Å². The summed E-state index contributed by atoms with van der Waals surface area (Å²) in [7, 11) is 1.14. The van der Waals surface area contributed by atoms with Crippen molar-refractivity contribution in [2.24, 2.45) is 11.3 Å². The Bertz CT molecular complexity index is 419. The van der Waals surface area contributed by atoms with Gasteiger partial charge in [-0.2, -0.15) is 0 Å². The second-order valence-corrected chi connectivity index (χ2v) is 5.65. The molecule has 114 valence electrons. The predicted octanol–water partition coefficient (Wildman–Crippen LogP) is 1.78. The van der Waals surface area contributed by atoms with Crippen LogP contribution in [0.25, 0.3) is 0 Å². The van der Waals surface area contributed by atoms with E-state index < -0.39 is 34.8 Å². The van der Waals surface area contributed by atoms with Gasteiger partial charge in [-0.3, -0.25) is 14.4 Å². The van der Waals surface area contributed by atoms with Gasteiger partial charge in [0, 0.05) is 12.3 Å². The fraction of sp³-hybridized carbons (Fsp3) is 0.643. The molecule has 1 unspecified atom stereocenters. The van der Waals surface area contributed by atoms with E-state index in [0.717, 1.165) is 7.11 Å². The van der Waals surface area contributed by atoms with E-state index in [1.165, 1.54) is 6.92 Å².